The fourth-order valence-corrected chi connectivity index (χ4v) is 2.29. The molecule has 0 bridgehead atoms. The van der Waals surface area contributed by atoms with E-state index < -0.39 is 5.97 Å². The molecule has 3 heteroatoms. The maximum absolute atomic E-state index is 10.8. The summed E-state index contributed by atoms with van der Waals surface area (Å²) in [6.45, 7) is 0.572. The molecule has 102 valence electrons. The largest absolute Gasteiger partial charge is 0.478 e. The summed E-state index contributed by atoms with van der Waals surface area (Å²) in [5.41, 5.74) is 1.64. The van der Waals surface area contributed by atoms with Gasteiger partial charge < -0.3 is 9.84 Å². The zero-order valence-corrected chi connectivity index (χ0v) is 11.2. The minimum absolute atomic E-state index is 0.0473. The Hall–Kier alpha value is -1.53. The van der Waals surface area contributed by atoms with Crippen molar-refractivity contribution in [1.82, 2.24) is 0 Å². The zero-order chi connectivity index (χ0) is 13.5. The topological polar surface area (TPSA) is 46.5 Å². The smallest absolute Gasteiger partial charge is 0.331 e. The Morgan fingerprint density at radius 2 is 2.21 bits per heavy atom. The molecular formula is C16H20O3. The molecule has 0 saturated carbocycles. The van der Waals surface area contributed by atoms with Gasteiger partial charge in [-0.25, -0.2) is 4.79 Å². The van der Waals surface area contributed by atoms with Gasteiger partial charge in [0.05, 0.1) is 6.61 Å². The molecule has 2 rings (SSSR count). The summed E-state index contributed by atoms with van der Waals surface area (Å²) in [7, 11) is 0. The maximum atomic E-state index is 10.8. The van der Waals surface area contributed by atoms with E-state index in [1.807, 2.05) is 6.08 Å². The number of carbonyl (C=O) groups is 1. The third-order valence-electron chi connectivity index (χ3n) is 3.51. The minimum atomic E-state index is -0.817. The van der Waals surface area contributed by atoms with Crippen LogP contribution in [0.15, 0.2) is 23.3 Å². The van der Waals surface area contributed by atoms with Gasteiger partial charge in [0, 0.05) is 12.0 Å². The van der Waals surface area contributed by atoms with Crippen LogP contribution in [0.1, 0.15) is 44.9 Å². The first-order chi connectivity index (χ1) is 9.25. The van der Waals surface area contributed by atoms with Gasteiger partial charge in [-0.15, -0.1) is 5.92 Å². The predicted octanol–water partition coefficient (Wildman–Crippen LogP) is 3.07. The summed E-state index contributed by atoms with van der Waals surface area (Å²) >= 11 is 0. The molecule has 0 amide bonds. The van der Waals surface area contributed by atoms with Crippen molar-refractivity contribution in [2.45, 2.75) is 51.0 Å². The zero-order valence-electron chi connectivity index (χ0n) is 11.2. The molecule has 2 aliphatic rings. The first-order valence-electron chi connectivity index (χ1n) is 6.97. The molecule has 2 aliphatic carbocycles. The van der Waals surface area contributed by atoms with E-state index in [0.717, 1.165) is 24.8 Å². The summed E-state index contributed by atoms with van der Waals surface area (Å²) in [4.78, 5) is 10.8. The average Bonchev–Trinajstić information content (AvgIpc) is 2.38. The van der Waals surface area contributed by atoms with Gasteiger partial charge in [-0.2, -0.15) is 0 Å². The molecule has 0 radical (unpaired) electrons. The number of carboxylic acids is 1. The highest BCUT2D eigenvalue weighted by Crippen LogP contribution is 2.20. The monoisotopic (exact) mass is 260 g/mol. The van der Waals surface area contributed by atoms with Gasteiger partial charge in [0.15, 0.2) is 0 Å². The Bertz CT molecular complexity index is 448. The van der Waals surface area contributed by atoms with E-state index in [1.54, 1.807) is 6.08 Å². The van der Waals surface area contributed by atoms with Crippen LogP contribution in [0.4, 0.5) is 0 Å². The molecule has 0 aliphatic heterocycles. The van der Waals surface area contributed by atoms with Crippen molar-refractivity contribution in [3.63, 3.8) is 0 Å². The molecule has 0 fully saturated rings. The lowest BCUT2D eigenvalue weighted by molar-refractivity contribution is -0.132. The Labute approximate surface area is 114 Å². The Kier molecular flexibility index (Phi) is 5.23. The first kappa shape index (κ1) is 13.9. The molecular weight excluding hydrogens is 240 g/mol. The van der Waals surface area contributed by atoms with Crippen LogP contribution in [0.25, 0.3) is 0 Å². The van der Waals surface area contributed by atoms with Gasteiger partial charge >= 0.3 is 5.97 Å². The third-order valence-corrected chi connectivity index (χ3v) is 3.51. The maximum Gasteiger partial charge on any atom is 0.331 e. The van der Waals surface area contributed by atoms with Gasteiger partial charge in [-0.3, -0.25) is 0 Å². The summed E-state index contributed by atoms with van der Waals surface area (Å²) in [5, 5.41) is 8.87. The van der Waals surface area contributed by atoms with Crippen LogP contribution in [-0.2, 0) is 9.53 Å². The SMILES string of the molecule is O=C(O)C1=CC=C(COC2C#CCCCCC2)CC1. The van der Waals surface area contributed by atoms with Crippen molar-refractivity contribution in [2.75, 3.05) is 6.61 Å². The number of allylic oxidation sites excluding steroid dienone is 2. The van der Waals surface area contributed by atoms with Crippen LogP contribution >= 0.6 is 0 Å². The second kappa shape index (κ2) is 7.16. The van der Waals surface area contributed by atoms with Crippen molar-refractivity contribution in [1.29, 1.82) is 0 Å². The van der Waals surface area contributed by atoms with E-state index in [-0.39, 0.29) is 6.10 Å². The van der Waals surface area contributed by atoms with Gasteiger partial charge in [-0.05, 0) is 37.7 Å². The normalized spacial score (nSPS) is 23.3. The standard InChI is InChI=1S/C16H20O3/c17-16(18)14-10-8-13(9-11-14)12-19-15-6-4-2-1-3-5-7-15/h8,10,15H,1-4,6,9,11-12H2,(H,17,18). The van der Waals surface area contributed by atoms with Crippen LogP contribution < -0.4 is 0 Å². The van der Waals surface area contributed by atoms with E-state index in [2.05, 4.69) is 11.8 Å². The molecule has 0 spiro atoms. The second-order valence-electron chi connectivity index (χ2n) is 5.04. The highest BCUT2D eigenvalue weighted by Gasteiger charge is 2.13. The fourth-order valence-electron chi connectivity index (χ4n) is 2.29. The Morgan fingerprint density at radius 3 is 2.95 bits per heavy atom. The van der Waals surface area contributed by atoms with Crippen molar-refractivity contribution in [2.24, 2.45) is 0 Å². The van der Waals surface area contributed by atoms with Gasteiger partial charge in [0.1, 0.15) is 6.10 Å². The number of aliphatic carboxylic acids is 1. The molecule has 0 saturated heterocycles. The van der Waals surface area contributed by atoms with Gasteiger partial charge in [0.25, 0.3) is 0 Å². The van der Waals surface area contributed by atoms with Crippen molar-refractivity contribution >= 4 is 5.97 Å². The average molecular weight is 260 g/mol. The number of hydrogen-bond acceptors (Lipinski definition) is 2. The van der Waals surface area contributed by atoms with Crippen LogP contribution in [0.2, 0.25) is 0 Å². The molecule has 0 heterocycles. The Morgan fingerprint density at radius 1 is 1.32 bits per heavy atom. The lowest BCUT2D eigenvalue weighted by atomic mass is 9.99. The molecule has 0 aromatic carbocycles. The summed E-state index contributed by atoms with van der Waals surface area (Å²) < 4.78 is 5.84. The van der Waals surface area contributed by atoms with Crippen LogP contribution in [-0.4, -0.2) is 23.8 Å². The molecule has 1 unspecified atom stereocenters. The molecule has 0 aromatic heterocycles. The summed E-state index contributed by atoms with van der Waals surface area (Å²) in [6.07, 6.45) is 10.6. The fraction of sp³-hybridized carbons (Fsp3) is 0.562. The molecule has 19 heavy (non-hydrogen) atoms. The van der Waals surface area contributed by atoms with Crippen molar-refractivity contribution in [3.05, 3.63) is 23.3 Å². The Balaban J connectivity index is 1.83. The number of ether oxygens (including phenoxy) is 1. The lowest BCUT2D eigenvalue weighted by Gasteiger charge is -2.17. The van der Waals surface area contributed by atoms with E-state index in [9.17, 15) is 4.79 Å². The number of carboxylic acid groups (broad SMARTS) is 1. The highest BCUT2D eigenvalue weighted by molar-refractivity contribution is 5.87. The lowest BCUT2D eigenvalue weighted by Crippen LogP contribution is -2.15. The quantitative estimate of drug-likeness (QED) is 0.790. The van der Waals surface area contributed by atoms with Crippen molar-refractivity contribution < 1.29 is 14.6 Å². The second-order valence-corrected chi connectivity index (χ2v) is 5.04. The van der Waals surface area contributed by atoms with Crippen LogP contribution in [0.5, 0.6) is 0 Å². The summed E-state index contributed by atoms with van der Waals surface area (Å²) in [6, 6.07) is 0. The van der Waals surface area contributed by atoms with Crippen molar-refractivity contribution in [3.8, 4) is 11.8 Å². The van der Waals surface area contributed by atoms with E-state index in [1.165, 1.54) is 19.3 Å². The van der Waals surface area contributed by atoms with E-state index in [4.69, 9.17) is 9.84 Å². The first-order valence-corrected chi connectivity index (χ1v) is 6.97. The number of rotatable bonds is 4. The molecule has 0 aromatic rings. The number of hydrogen-bond donors (Lipinski definition) is 1. The van der Waals surface area contributed by atoms with Crippen LogP contribution in [0, 0.1) is 11.8 Å². The minimum Gasteiger partial charge on any atom is -0.478 e. The third kappa shape index (κ3) is 4.57. The molecule has 1 atom stereocenters. The molecule has 3 nitrogen and oxygen atoms in total. The highest BCUT2D eigenvalue weighted by atomic mass is 16.5. The van der Waals surface area contributed by atoms with Gasteiger partial charge in [0.2, 0.25) is 0 Å². The summed E-state index contributed by atoms with van der Waals surface area (Å²) in [5.74, 6) is 5.52. The van der Waals surface area contributed by atoms with Crippen LogP contribution in [0.3, 0.4) is 0 Å². The molecule has 1 N–H and O–H groups in total. The van der Waals surface area contributed by atoms with E-state index >= 15 is 0 Å². The van der Waals surface area contributed by atoms with E-state index in [0.29, 0.717) is 18.6 Å². The predicted molar refractivity (Wildman–Crippen MR) is 73.6 cm³/mol. The van der Waals surface area contributed by atoms with Gasteiger partial charge in [-0.1, -0.05) is 24.5 Å².